The van der Waals surface area contributed by atoms with Crippen molar-refractivity contribution in [2.24, 2.45) is 17.8 Å². The van der Waals surface area contributed by atoms with Crippen molar-refractivity contribution < 1.29 is 99.1 Å². The van der Waals surface area contributed by atoms with Gasteiger partial charge in [0.25, 0.3) is 0 Å². The molecule has 3 amide bonds. The van der Waals surface area contributed by atoms with Crippen molar-refractivity contribution in [1.82, 2.24) is 45.5 Å². The third-order valence-corrected chi connectivity index (χ3v) is 13.1. The van der Waals surface area contributed by atoms with E-state index in [9.17, 15) is 88.2 Å². The number of nitrogens with zero attached hydrogens (tertiary/aromatic N) is 5. The Morgan fingerprint density at radius 1 is 0.662 bits per heavy atom. The number of aliphatic carboxylic acids is 4. The van der Waals surface area contributed by atoms with E-state index in [1.54, 1.807) is 40.1 Å². The van der Waals surface area contributed by atoms with Crippen LogP contribution < -0.4 is 21.1 Å². The number of aromatic amines is 1. The van der Waals surface area contributed by atoms with Crippen LogP contribution in [0, 0.1) is 17.8 Å². The number of benzene rings is 1. The zero-order valence-corrected chi connectivity index (χ0v) is 46.8. The van der Waals surface area contributed by atoms with E-state index < -0.39 is 153 Å². The molecule has 30 heteroatoms. The Balaban J connectivity index is 0.0000208. The van der Waals surface area contributed by atoms with Gasteiger partial charge in [-0.1, -0.05) is 30.3 Å². The van der Waals surface area contributed by atoms with Crippen LogP contribution in [0.1, 0.15) is 56.7 Å². The van der Waals surface area contributed by atoms with E-state index >= 15 is 0 Å². The van der Waals surface area contributed by atoms with Gasteiger partial charge in [0.05, 0.1) is 62.9 Å². The van der Waals surface area contributed by atoms with E-state index in [-0.39, 0.29) is 102 Å². The van der Waals surface area contributed by atoms with Crippen LogP contribution in [-0.4, -0.2) is 267 Å². The van der Waals surface area contributed by atoms with Crippen molar-refractivity contribution in [3.05, 3.63) is 54.1 Å². The summed E-state index contributed by atoms with van der Waals surface area (Å²) in [6.07, 6.45) is 0.315. The number of imidazole rings is 1. The normalized spacial score (nSPS) is 16.4. The number of aliphatic hydroxyl groups excluding tert-OH is 2. The first-order valence-electron chi connectivity index (χ1n) is 25.0. The van der Waals surface area contributed by atoms with E-state index in [0.29, 0.717) is 36.9 Å². The van der Waals surface area contributed by atoms with Crippen LogP contribution in [0.15, 0.2) is 42.9 Å². The Hall–Kier alpha value is -6.61. The summed E-state index contributed by atoms with van der Waals surface area (Å²) in [6.45, 7) is 0.355. The summed E-state index contributed by atoms with van der Waals surface area (Å²) in [5.41, 5.74) is 0.958. The Labute approximate surface area is 473 Å². The number of carbonyl (C=O) groups is 12. The smallest absolute Gasteiger partial charge is 0.870 e. The summed E-state index contributed by atoms with van der Waals surface area (Å²) in [6, 6.07) is 2.35. The largest absolute Gasteiger partial charge is 3.00 e. The average Bonchev–Trinajstić information content (AvgIpc) is 3.90. The van der Waals surface area contributed by atoms with Crippen LogP contribution in [0.4, 0.5) is 0 Å². The molecular weight excluding hydrogens is 1120 g/mol. The van der Waals surface area contributed by atoms with Gasteiger partial charge in [-0.3, -0.25) is 58.0 Å². The van der Waals surface area contributed by atoms with Gasteiger partial charge in [0.2, 0.25) is 17.7 Å². The van der Waals surface area contributed by atoms with E-state index in [0.717, 1.165) is 0 Å². The van der Waals surface area contributed by atoms with Crippen LogP contribution in [0.2, 0.25) is 0 Å². The zero-order valence-electron chi connectivity index (χ0n) is 44.3. The minimum atomic E-state index is -1.69. The average molecular weight is 1190 g/mol. The molecule has 29 nitrogen and oxygen atoms in total. The molecular formula is C50H72GaN9O20. The Bertz CT molecular complexity index is 2320. The monoisotopic (exact) mass is 1190 g/mol. The Kier molecular flexibility index (Phi) is 35.7. The number of amides is 3. The minimum Gasteiger partial charge on any atom is -0.870 e. The standard InChI is InChI=1S/C50H71N9O18.Ga.2H2O/c1-32(42(65)24-35(22-37-27-51-31-52-37)48(73)54-39(29-62)43(66)25-34(21-33-5-3-2-4-6-33)47(72)55-40(30-63)49(74)75)53-46(71)36(26-44(67)68)23-38(64)7-8-41(50(76)77)59-15-13-57(18-20-61)10-9-56(17-19-60)11-12-58(14-16-59)28-45(69)70;;;/h2-6,19-20,27,31-32,34-36,39-41,62-63H,7-18,21-26,28-30H2,1H3,(H,51,52)(H,53,71)(H,54,73)(H,55,72)(H,67,68)(H,69,70)(H,74,75)(H,76,77);;2*1H2/q;+3;;/p-3/t32-,34+,35+,36-,39-,40-,41?;;;/m0.../s1. The van der Waals surface area contributed by atoms with Crippen LogP contribution in [0.25, 0.3) is 0 Å². The molecule has 1 unspecified atom stereocenters. The van der Waals surface area contributed by atoms with Gasteiger partial charge in [-0.15, -0.1) is 0 Å². The van der Waals surface area contributed by atoms with Crippen molar-refractivity contribution in [3.63, 3.8) is 0 Å². The fourth-order valence-corrected chi connectivity index (χ4v) is 8.67. The fourth-order valence-electron chi connectivity index (χ4n) is 8.67. The summed E-state index contributed by atoms with van der Waals surface area (Å²) < 4.78 is 0. The Morgan fingerprint density at radius 2 is 1.18 bits per heavy atom. The maximum atomic E-state index is 13.9. The molecule has 1 aliphatic rings. The van der Waals surface area contributed by atoms with Gasteiger partial charge in [0.15, 0.2) is 11.6 Å². The molecule has 1 saturated heterocycles. The third kappa shape index (κ3) is 26.6. The predicted molar refractivity (Wildman–Crippen MR) is 276 cm³/mol. The molecule has 3 rings (SSSR count). The molecule has 80 heavy (non-hydrogen) atoms. The Morgan fingerprint density at radius 3 is 1.68 bits per heavy atom. The number of nitrogens with one attached hydrogen (secondary N) is 4. The van der Waals surface area contributed by atoms with E-state index in [1.807, 2.05) is 0 Å². The number of carboxylic acids is 4. The molecule has 1 aromatic heterocycles. The molecule has 11 N–H and O–H groups in total. The number of aromatic nitrogens is 2. The maximum absolute atomic E-state index is 13.9. The second-order valence-corrected chi connectivity index (χ2v) is 18.8. The molecule has 2 heterocycles. The first kappa shape index (κ1) is 73.4. The molecule has 440 valence electrons. The summed E-state index contributed by atoms with van der Waals surface area (Å²) in [4.78, 5) is 166. The number of carbonyl (C=O) groups excluding carboxylic acids is 9. The molecule has 1 aromatic carbocycles. The molecule has 0 spiro atoms. The van der Waals surface area contributed by atoms with Gasteiger partial charge >= 0.3 is 37.7 Å². The molecule has 0 bridgehead atoms. The number of ketones is 3. The third-order valence-electron chi connectivity index (χ3n) is 13.1. The van der Waals surface area contributed by atoms with Gasteiger partial charge in [-0.05, 0) is 25.3 Å². The topological polar surface area (TPSA) is 467 Å². The van der Waals surface area contributed by atoms with Gasteiger partial charge in [0.1, 0.15) is 36.5 Å². The van der Waals surface area contributed by atoms with E-state index in [2.05, 4.69) is 25.9 Å². The summed E-state index contributed by atoms with van der Waals surface area (Å²) >= 11 is 0. The second-order valence-electron chi connectivity index (χ2n) is 18.8. The zero-order chi connectivity index (χ0) is 57.0. The second kappa shape index (κ2) is 38.9. The molecule has 2 aromatic rings. The van der Waals surface area contributed by atoms with Crippen molar-refractivity contribution in [1.29, 1.82) is 0 Å². The molecule has 7 atom stereocenters. The number of carboxylic acid groups (broad SMARTS) is 4. The van der Waals surface area contributed by atoms with Crippen LogP contribution in [0.3, 0.4) is 0 Å². The molecule has 1 fully saturated rings. The number of rotatable bonds is 34. The van der Waals surface area contributed by atoms with Gasteiger partial charge < -0.3 is 76.9 Å². The summed E-state index contributed by atoms with van der Waals surface area (Å²) in [5, 5.41) is 67.9. The van der Waals surface area contributed by atoms with Crippen molar-refractivity contribution in [2.45, 2.75) is 82.5 Å². The number of H-pyrrole nitrogens is 1. The first-order valence-corrected chi connectivity index (χ1v) is 25.0. The van der Waals surface area contributed by atoms with E-state index in [4.69, 9.17) is 0 Å². The van der Waals surface area contributed by atoms with Crippen LogP contribution in [-0.2, 0) is 70.4 Å². The number of hydrogen-bond donors (Lipinski definition) is 9. The van der Waals surface area contributed by atoms with Crippen LogP contribution in [0.5, 0.6) is 0 Å². The van der Waals surface area contributed by atoms with Gasteiger partial charge in [-0.2, -0.15) is 0 Å². The predicted octanol–water partition coefficient (Wildman–Crippen LogP) is -5.19. The van der Waals surface area contributed by atoms with E-state index in [1.165, 1.54) is 29.2 Å². The van der Waals surface area contributed by atoms with Gasteiger partial charge in [0, 0.05) is 109 Å². The molecule has 0 aliphatic carbocycles. The minimum absolute atomic E-state index is 0. The van der Waals surface area contributed by atoms with Gasteiger partial charge in [-0.25, -0.2) is 9.78 Å². The number of aldehydes is 2. The van der Waals surface area contributed by atoms with Crippen LogP contribution >= 0.6 is 0 Å². The SMILES string of the molecule is C[C@H](NC(=O)[C@H](CC(=O)O)CC(=O)CCC(C(=O)O)N1CCN(CC=O)CCN(CC=O)CCN(CC(=O)[O-])CC1)C(=O)C[C@@H](Cc1cnc[nH]1)C(=O)N[C@@H](CO)C(=O)C[C@@H](Cc1ccccc1)C(=O)N[C@@H](CO)C(=O)O.[Ga+3].[OH-].[OH-]. The quantitative estimate of drug-likeness (QED) is 0.0234. The molecule has 0 saturated carbocycles. The molecule has 0 radical (unpaired) electrons. The number of hydrogen-bond acceptors (Lipinski definition) is 22. The maximum Gasteiger partial charge on any atom is 3.00 e. The van der Waals surface area contributed by atoms with Crippen molar-refractivity contribution in [3.8, 4) is 0 Å². The number of aliphatic hydroxyl groups is 2. The van der Waals surface area contributed by atoms with Crippen molar-refractivity contribution in [2.75, 3.05) is 85.2 Å². The summed E-state index contributed by atoms with van der Waals surface area (Å²) in [7, 11) is 0. The summed E-state index contributed by atoms with van der Waals surface area (Å²) in [5.74, 6) is -14.8. The first-order chi connectivity index (χ1) is 36.7. The number of Topliss-reactive ketones (excluding diaryl/α,β-unsaturated/α-hetero) is 3. The fraction of sp³-hybridized carbons (Fsp3) is 0.580. The molecule has 1 aliphatic heterocycles. The van der Waals surface area contributed by atoms with Crippen molar-refractivity contribution >= 4 is 91.3 Å².